The molecule has 0 atom stereocenters. The first-order chi connectivity index (χ1) is 6.58. The van der Waals surface area contributed by atoms with E-state index >= 15 is 0 Å². The number of carboxylic acids is 1. The zero-order valence-electron chi connectivity index (χ0n) is 7.04. The number of hydrogen-bond acceptors (Lipinski definition) is 6. The van der Waals surface area contributed by atoms with E-state index in [1.54, 1.807) is 0 Å². The van der Waals surface area contributed by atoms with Gasteiger partial charge in [0.15, 0.2) is 5.16 Å². The molecule has 0 aliphatic heterocycles. The third-order valence-electron chi connectivity index (χ3n) is 1.13. The Morgan fingerprint density at radius 2 is 2.00 bits per heavy atom. The standard InChI is InChI=1S/C7H8N4O2S/c8-4-3-5(9)11-7(10-4)14-2-1-6(12)13/h1-3H,(H,12,13)(H4,8,9,10,11). The molecule has 0 aromatic carbocycles. The molecule has 0 bridgehead atoms. The first kappa shape index (κ1) is 10.3. The zero-order valence-corrected chi connectivity index (χ0v) is 7.86. The van der Waals surface area contributed by atoms with Crippen molar-refractivity contribution in [2.75, 3.05) is 11.5 Å². The maximum absolute atomic E-state index is 10.1. The second-order valence-electron chi connectivity index (χ2n) is 2.26. The number of anilines is 2. The highest BCUT2D eigenvalue weighted by Crippen LogP contribution is 2.16. The molecule has 0 amide bonds. The number of aromatic nitrogens is 2. The first-order valence-electron chi connectivity index (χ1n) is 3.54. The van der Waals surface area contributed by atoms with Gasteiger partial charge in [-0.2, -0.15) is 0 Å². The Bertz CT molecular complexity index is 360. The number of nitrogens with zero attached hydrogens (tertiary/aromatic N) is 2. The average Bonchev–Trinajstić information content (AvgIpc) is 2.01. The molecule has 74 valence electrons. The molecule has 0 aliphatic carbocycles. The van der Waals surface area contributed by atoms with Gasteiger partial charge >= 0.3 is 5.97 Å². The summed E-state index contributed by atoms with van der Waals surface area (Å²) in [6.45, 7) is 0. The average molecular weight is 212 g/mol. The molecule has 0 radical (unpaired) electrons. The fourth-order valence-corrected chi connectivity index (χ4v) is 1.29. The predicted molar refractivity (Wildman–Crippen MR) is 53.5 cm³/mol. The lowest BCUT2D eigenvalue weighted by molar-refractivity contribution is -0.131. The molecule has 0 fully saturated rings. The van der Waals surface area contributed by atoms with Gasteiger partial charge in [-0.1, -0.05) is 11.8 Å². The van der Waals surface area contributed by atoms with Crippen LogP contribution in [0.5, 0.6) is 0 Å². The fourth-order valence-electron chi connectivity index (χ4n) is 0.668. The molecule has 0 saturated carbocycles. The van der Waals surface area contributed by atoms with Crippen molar-refractivity contribution in [3.63, 3.8) is 0 Å². The van der Waals surface area contributed by atoms with Crippen molar-refractivity contribution in [1.29, 1.82) is 0 Å². The summed E-state index contributed by atoms with van der Waals surface area (Å²) in [7, 11) is 0. The van der Waals surface area contributed by atoms with Gasteiger partial charge < -0.3 is 16.6 Å². The Labute approximate surface area is 84.0 Å². The number of hydrogen-bond donors (Lipinski definition) is 3. The number of carboxylic acid groups (broad SMARTS) is 1. The van der Waals surface area contributed by atoms with Crippen molar-refractivity contribution in [2.45, 2.75) is 5.16 Å². The summed E-state index contributed by atoms with van der Waals surface area (Å²) in [5.74, 6) is -0.526. The van der Waals surface area contributed by atoms with Crippen molar-refractivity contribution >= 4 is 29.4 Å². The van der Waals surface area contributed by atoms with E-state index in [4.69, 9.17) is 16.6 Å². The summed E-state index contributed by atoms with van der Waals surface area (Å²) in [6, 6.07) is 1.42. The van der Waals surface area contributed by atoms with E-state index in [0.29, 0.717) is 5.16 Å². The third kappa shape index (κ3) is 3.31. The summed E-state index contributed by atoms with van der Waals surface area (Å²) < 4.78 is 0. The number of nitrogen functional groups attached to an aromatic ring is 2. The summed E-state index contributed by atoms with van der Waals surface area (Å²) in [5.41, 5.74) is 10.8. The van der Waals surface area contributed by atoms with Crippen LogP contribution >= 0.6 is 11.8 Å². The van der Waals surface area contributed by atoms with Crippen molar-refractivity contribution < 1.29 is 9.90 Å². The van der Waals surface area contributed by atoms with Gasteiger partial charge in [0, 0.05) is 12.1 Å². The van der Waals surface area contributed by atoms with E-state index in [9.17, 15) is 4.79 Å². The van der Waals surface area contributed by atoms with Crippen molar-refractivity contribution in [3.05, 3.63) is 17.6 Å². The van der Waals surface area contributed by atoms with Gasteiger partial charge in [0.2, 0.25) is 0 Å². The van der Waals surface area contributed by atoms with E-state index < -0.39 is 5.97 Å². The minimum absolute atomic E-state index is 0.253. The van der Waals surface area contributed by atoms with Crippen LogP contribution in [0.25, 0.3) is 0 Å². The third-order valence-corrected chi connectivity index (χ3v) is 1.79. The van der Waals surface area contributed by atoms with Crippen LogP contribution in [-0.4, -0.2) is 21.0 Å². The molecule has 1 aromatic heterocycles. The maximum Gasteiger partial charge on any atom is 0.328 e. The number of nitrogens with two attached hydrogens (primary N) is 2. The zero-order chi connectivity index (χ0) is 10.6. The van der Waals surface area contributed by atoms with Crippen LogP contribution in [0.4, 0.5) is 11.6 Å². The Balaban J connectivity index is 2.72. The molecule has 0 aliphatic rings. The van der Waals surface area contributed by atoms with Gasteiger partial charge in [0.1, 0.15) is 11.6 Å². The largest absolute Gasteiger partial charge is 0.478 e. The topological polar surface area (TPSA) is 115 Å². The molecular formula is C7H8N4O2S. The highest BCUT2D eigenvalue weighted by atomic mass is 32.2. The number of rotatable bonds is 3. The molecule has 1 rings (SSSR count). The van der Waals surface area contributed by atoms with E-state index in [-0.39, 0.29) is 11.6 Å². The Kier molecular flexibility index (Phi) is 3.29. The maximum atomic E-state index is 10.1. The van der Waals surface area contributed by atoms with E-state index in [1.165, 1.54) is 11.5 Å². The van der Waals surface area contributed by atoms with Crippen LogP contribution in [0, 0.1) is 0 Å². The van der Waals surface area contributed by atoms with E-state index in [2.05, 4.69) is 9.97 Å². The first-order valence-corrected chi connectivity index (χ1v) is 4.42. The van der Waals surface area contributed by atoms with Crippen LogP contribution in [0.1, 0.15) is 0 Å². The lowest BCUT2D eigenvalue weighted by atomic mass is 10.5. The second-order valence-corrected chi connectivity index (χ2v) is 3.13. The SMILES string of the molecule is Nc1cc(N)nc(SC=CC(=O)O)n1. The molecule has 0 spiro atoms. The van der Waals surface area contributed by atoms with Crippen LogP contribution in [-0.2, 0) is 4.79 Å². The summed E-state index contributed by atoms with van der Waals surface area (Å²) in [5, 5.41) is 9.97. The molecule has 1 aromatic rings. The highest BCUT2D eigenvalue weighted by molar-refractivity contribution is 8.02. The molecule has 6 nitrogen and oxygen atoms in total. The quantitative estimate of drug-likeness (QED) is 0.375. The molecule has 0 unspecified atom stereocenters. The normalized spacial score (nSPS) is 10.6. The minimum Gasteiger partial charge on any atom is -0.478 e. The lowest BCUT2D eigenvalue weighted by Crippen LogP contribution is -1.98. The number of aliphatic carboxylic acids is 1. The van der Waals surface area contributed by atoms with Gasteiger partial charge in [0.25, 0.3) is 0 Å². The van der Waals surface area contributed by atoms with Crippen LogP contribution in [0.2, 0.25) is 0 Å². The van der Waals surface area contributed by atoms with Crippen molar-refractivity contribution in [2.24, 2.45) is 0 Å². The molecule has 5 N–H and O–H groups in total. The van der Waals surface area contributed by atoms with Crippen molar-refractivity contribution in [1.82, 2.24) is 9.97 Å². The number of carbonyl (C=O) groups is 1. The van der Waals surface area contributed by atoms with Crippen molar-refractivity contribution in [3.8, 4) is 0 Å². The summed E-state index contributed by atoms with van der Waals surface area (Å²) in [4.78, 5) is 17.8. The number of thioether (sulfide) groups is 1. The molecular weight excluding hydrogens is 204 g/mol. The fraction of sp³-hybridized carbons (Fsp3) is 0. The van der Waals surface area contributed by atoms with Gasteiger partial charge in [-0.05, 0) is 5.41 Å². The lowest BCUT2D eigenvalue weighted by Gasteiger charge is -1.98. The summed E-state index contributed by atoms with van der Waals surface area (Å²) >= 11 is 1.03. The predicted octanol–water partition coefficient (Wildman–Crippen LogP) is 0.331. The van der Waals surface area contributed by atoms with Crippen LogP contribution in [0.15, 0.2) is 22.7 Å². The molecule has 0 saturated heterocycles. The van der Waals surface area contributed by atoms with Crippen LogP contribution < -0.4 is 11.5 Å². The van der Waals surface area contributed by atoms with E-state index in [0.717, 1.165) is 17.8 Å². The second kappa shape index (κ2) is 4.47. The monoisotopic (exact) mass is 212 g/mol. The van der Waals surface area contributed by atoms with Crippen LogP contribution in [0.3, 0.4) is 0 Å². The summed E-state index contributed by atoms with van der Waals surface area (Å²) in [6.07, 6.45) is 0.980. The van der Waals surface area contributed by atoms with Gasteiger partial charge in [-0.25, -0.2) is 14.8 Å². The van der Waals surface area contributed by atoms with Gasteiger partial charge in [-0.15, -0.1) is 0 Å². The minimum atomic E-state index is -1.03. The Morgan fingerprint density at radius 1 is 1.43 bits per heavy atom. The smallest absolute Gasteiger partial charge is 0.328 e. The Hall–Kier alpha value is -1.76. The highest BCUT2D eigenvalue weighted by Gasteiger charge is 1.98. The molecule has 7 heteroatoms. The van der Waals surface area contributed by atoms with E-state index in [1.807, 2.05) is 0 Å². The Morgan fingerprint density at radius 3 is 2.50 bits per heavy atom. The molecule has 1 heterocycles. The van der Waals surface area contributed by atoms with Gasteiger partial charge in [0.05, 0.1) is 0 Å². The molecule has 14 heavy (non-hydrogen) atoms. The van der Waals surface area contributed by atoms with Gasteiger partial charge in [-0.3, -0.25) is 0 Å².